The molecule has 2 amide bonds. The van der Waals surface area contributed by atoms with E-state index in [4.69, 9.17) is 10.2 Å². The maximum absolute atomic E-state index is 13.3. The number of benzene rings is 2. The fourth-order valence-electron chi connectivity index (χ4n) is 5.34. The molecule has 5 rings (SSSR count). The lowest BCUT2D eigenvalue weighted by atomic mass is 9.94. The zero-order valence-electron chi connectivity index (χ0n) is 20.7. The Morgan fingerprint density at radius 3 is 2.42 bits per heavy atom. The van der Waals surface area contributed by atoms with Crippen molar-refractivity contribution in [1.29, 1.82) is 0 Å². The number of nitrogens with zero attached hydrogens (tertiary/aromatic N) is 4. The van der Waals surface area contributed by atoms with Gasteiger partial charge in [-0.25, -0.2) is 0 Å². The Balaban J connectivity index is 1.42. The van der Waals surface area contributed by atoms with Gasteiger partial charge in [-0.2, -0.15) is 0 Å². The first kappa shape index (κ1) is 24.2. The molecule has 2 saturated heterocycles. The van der Waals surface area contributed by atoms with Crippen LogP contribution in [0.5, 0.6) is 0 Å². The van der Waals surface area contributed by atoms with E-state index in [1.165, 1.54) is 0 Å². The van der Waals surface area contributed by atoms with Gasteiger partial charge in [0.15, 0.2) is 0 Å². The number of aryl methyl sites for hydroxylation is 1. The average Bonchev–Trinajstić information content (AvgIpc) is 3.39. The summed E-state index contributed by atoms with van der Waals surface area (Å²) in [5, 5.41) is 8.67. The van der Waals surface area contributed by atoms with Gasteiger partial charge in [-0.1, -0.05) is 60.7 Å². The monoisotopic (exact) mass is 487 g/mol. The Morgan fingerprint density at radius 2 is 1.69 bits per heavy atom. The Kier molecular flexibility index (Phi) is 6.87. The predicted octanol–water partition coefficient (Wildman–Crippen LogP) is 3.38. The maximum atomic E-state index is 13.3. The summed E-state index contributed by atoms with van der Waals surface area (Å²) in [6.45, 7) is 2.99. The molecule has 2 N–H and O–H groups in total. The van der Waals surface area contributed by atoms with Crippen LogP contribution in [-0.4, -0.2) is 50.9 Å². The molecule has 2 aliphatic heterocycles. The van der Waals surface area contributed by atoms with E-state index in [1.54, 1.807) is 9.80 Å². The fourth-order valence-corrected chi connectivity index (χ4v) is 5.34. The number of rotatable bonds is 8. The van der Waals surface area contributed by atoms with E-state index in [0.29, 0.717) is 44.1 Å². The zero-order chi connectivity index (χ0) is 25.1. The summed E-state index contributed by atoms with van der Waals surface area (Å²) >= 11 is 0. The first-order chi connectivity index (χ1) is 17.4. The molecule has 8 heteroatoms. The normalized spacial score (nSPS) is 20.7. The van der Waals surface area contributed by atoms with E-state index in [0.717, 1.165) is 30.4 Å². The van der Waals surface area contributed by atoms with Gasteiger partial charge in [0.25, 0.3) is 0 Å². The van der Waals surface area contributed by atoms with Crippen LogP contribution in [0.3, 0.4) is 0 Å². The first-order valence-corrected chi connectivity index (χ1v) is 12.7. The molecule has 2 aliphatic rings. The van der Waals surface area contributed by atoms with Gasteiger partial charge in [0.05, 0.1) is 5.54 Å². The van der Waals surface area contributed by atoms with Crippen molar-refractivity contribution in [1.82, 2.24) is 20.0 Å². The lowest BCUT2D eigenvalue weighted by molar-refractivity contribution is -0.163. The minimum Gasteiger partial charge on any atom is -0.421 e. The van der Waals surface area contributed by atoms with E-state index in [2.05, 4.69) is 22.3 Å². The highest BCUT2D eigenvalue weighted by Crippen LogP contribution is 2.33. The number of piperazine rings is 1. The molecule has 3 heterocycles. The minimum atomic E-state index is -0.877. The van der Waals surface area contributed by atoms with Gasteiger partial charge in [0, 0.05) is 19.1 Å². The fraction of sp³-hybridized carbons (Fsp3) is 0.429. The van der Waals surface area contributed by atoms with E-state index < -0.39 is 23.4 Å². The molecule has 0 radical (unpaired) electrons. The van der Waals surface area contributed by atoms with Crippen molar-refractivity contribution in [2.75, 3.05) is 13.1 Å². The van der Waals surface area contributed by atoms with Crippen LogP contribution in [0.25, 0.3) is 0 Å². The molecule has 2 aromatic carbocycles. The molecule has 3 aromatic rings. The molecule has 0 aliphatic carbocycles. The standard InChI is InChI=1S/C28H33N5O3/c1-28(29,18-21-12-6-3-7-13-21)27-31-30-24(36-27)23(16-15-20-10-4-2-5-11-20)33-19-22-14-8-9-17-32(22)25(34)26(33)35/h2-7,10-13,22-23H,8-9,14-19,29H2,1H3/t22?,23?,28-/m1/s1. The summed E-state index contributed by atoms with van der Waals surface area (Å²) in [4.78, 5) is 29.7. The summed E-state index contributed by atoms with van der Waals surface area (Å²) in [6, 6.07) is 19.5. The summed E-state index contributed by atoms with van der Waals surface area (Å²) in [7, 11) is 0. The van der Waals surface area contributed by atoms with Crippen LogP contribution in [0.15, 0.2) is 65.1 Å². The van der Waals surface area contributed by atoms with E-state index in [9.17, 15) is 9.59 Å². The molecule has 36 heavy (non-hydrogen) atoms. The van der Waals surface area contributed by atoms with Gasteiger partial charge in [-0.3, -0.25) is 9.59 Å². The average molecular weight is 488 g/mol. The molecular formula is C28H33N5O3. The molecule has 0 saturated carbocycles. The van der Waals surface area contributed by atoms with Crippen molar-refractivity contribution in [2.24, 2.45) is 5.73 Å². The number of amides is 2. The smallest absolute Gasteiger partial charge is 0.312 e. The van der Waals surface area contributed by atoms with Crippen molar-refractivity contribution in [3.05, 3.63) is 83.6 Å². The predicted molar refractivity (Wildman–Crippen MR) is 135 cm³/mol. The molecule has 188 valence electrons. The number of carbonyl (C=O) groups excluding carboxylic acids is 2. The van der Waals surface area contributed by atoms with Crippen LogP contribution in [0, 0.1) is 0 Å². The number of carbonyl (C=O) groups is 2. The SMILES string of the molecule is C[C@@](N)(Cc1ccccc1)c1nnc(C(CCc2ccccc2)N2CC3CCCCN3C(=O)C2=O)o1. The largest absolute Gasteiger partial charge is 0.421 e. The van der Waals surface area contributed by atoms with Crippen molar-refractivity contribution >= 4 is 11.8 Å². The second-order valence-corrected chi connectivity index (χ2v) is 10.2. The highest BCUT2D eigenvalue weighted by Gasteiger charge is 2.44. The molecule has 1 aromatic heterocycles. The Morgan fingerprint density at radius 1 is 1.00 bits per heavy atom. The summed E-state index contributed by atoms with van der Waals surface area (Å²) in [5.41, 5.74) is 7.96. The summed E-state index contributed by atoms with van der Waals surface area (Å²) in [5.74, 6) is -0.272. The number of nitrogens with two attached hydrogens (primary N) is 1. The van der Waals surface area contributed by atoms with Crippen LogP contribution in [0.4, 0.5) is 0 Å². The lowest BCUT2D eigenvalue weighted by Crippen LogP contribution is -2.61. The lowest BCUT2D eigenvalue weighted by Gasteiger charge is -2.44. The molecule has 3 atom stereocenters. The van der Waals surface area contributed by atoms with Crippen molar-refractivity contribution in [2.45, 2.75) is 63.1 Å². The topological polar surface area (TPSA) is 106 Å². The Hall–Kier alpha value is -3.52. The number of fused-ring (bicyclic) bond motifs is 1. The van der Waals surface area contributed by atoms with Crippen LogP contribution in [-0.2, 0) is 28.0 Å². The number of piperidine rings is 1. The minimum absolute atomic E-state index is 0.0309. The summed E-state index contributed by atoms with van der Waals surface area (Å²) in [6.07, 6.45) is 4.70. The second-order valence-electron chi connectivity index (χ2n) is 10.2. The third kappa shape index (κ3) is 5.04. The van der Waals surface area contributed by atoms with Crippen molar-refractivity contribution < 1.29 is 14.0 Å². The van der Waals surface area contributed by atoms with Gasteiger partial charge >= 0.3 is 11.8 Å². The first-order valence-electron chi connectivity index (χ1n) is 12.7. The van der Waals surface area contributed by atoms with E-state index >= 15 is 0 Å². The number of hydrogen-bond donors (Lipinski definition) is 1. The third-order valence-electron chi connectivity index (χ3n) is 7.29. The van der Waals surface area contributed by atoms with Gasteiger partial charge in [-0.15, -0.1) is 10.2 Å². The number of hydrogen-bond acceptors (Lipinski definition) is 6. The molecule has 8 nitrogen and oxygen atoms in total. The zero-order valence-corrected chi connectivity index (χ0v) is 20.7. The van der Waals surface area contributed by atoms with E-state index in [1.807, 2.05) is 55.5 Å². The van der Waals surface area contributed by atoms with E-state index in [-0.39, 0.29) is 6.04 Å². The van der Waals surface area contributed by atoms with Crippen LogP contribution in [0.2, 0.25) is 0 Å². The van der Waals surface area contributed by atoms with Crippen LogP contribution >= 0.6 is 0 Å². The highest BCUT2D eigenvalue weighted by atomic mass is 16.4. The van der Waals surface area contributed by atoms with Gasteiger partial charge in [-0.05, 0) is 56.6 Å². The highest BCUT2D eigenvalue weighted by molar-refractivity contribution is 6.35. The molecular weight excluding hydrogens is 454 g/mol. The van der Waals surface area contributed by atoms with Crippen LogP contribution in [0.1, 0.15) is 61.6 Å². The number of aromatic nitrogens is 2. The van der Waals surface area contributed by atoms with Crippen molar-refractivity contribution in [3.63, 3.8) is 0 Å². The maximum Gasteiger partial charge on any atom is 0.312 e. The quantitative estimate of drug-likeness (QED) is 0.489. The molecule has 0 bridgehead atoms. The molecule has 2 fully saturated rings. The molecule has 0 spiro atoms. The second kappa shape index (κ2) is 10.2. The van der Waals surface area contributed by atoms with Crippen LogP contribution < -0.4 is 5.73 Å². The van der Waals surface area contributed by atoms with Gasteiger partial charge in [0.2, 0.25) is 11.8 Å². The summed E-state index contributed by atoms with van der Waals surface area (Å²) < 4.78 is 6.18. The Labute approximate surface area is 211 Å². The van der Waals surface area contributed by atoms with Gasteiger partial charge < -0.3 is 20.0 Å². The van der Waals surface area contributed by atoms with Gasteiger partial charge in [0.1, 0.15) is 6.04 Å². The Bertz CT molecular complexity index is 1190. The van der Waals surface area contributed by atoms with Crippen molar-refractivity contribution in [3.8, 4) is 0 Å². The molecule has 2 unspecified atom stereocenters. The third-order valence-corrected chi connectivity index (χ3v) is 7.29.